The molecule has 0 spiro atoms. The van der Waals surface area contributed by atoms with Gasteiger partial charge < -0.3 is 11.1 Å². The summed E-state index contributed by atoms with van der Waals surface area (Å²) in [5.74, 6) is -1.31. The van der Waals surface area contributed by atoms with Gasteiger partial charge in [-0.1, -0.05) is 13.3 Å². The summed E-state index contributed by atoms with van der Waals surface area (Å²) in [6, 6.07) is 2.03. The topological polar surface area (TPSA) is 38.0 Å². The fourth-order valence-corrected chi connectivity index (χ4v) is 2.00. The van der Waals surface area contributed by atoms with E-state index < -0.39 is 11.6 Å². The van der Waals surface area contributed by atoms with Crippen LogP contribution in [0.3, 0.4) is 0 Å². The second kappa shape index (κ2) is 3.92. The lowest BCUT2D eigenvalue weighted by Gasteiger charge is -2.38. The lowest BCUT2D eigenvalue weighted by Crippen LogP contribution is -2.33. The van der Waals surface area contributed by atoms with Gasteiger partial charge >= 0.3 is 0 Å². The van der Waals surface area contributed by atoms with Crippen LogP contribution < -0.4 is 11.1 Å². The minimum absolute atomic E-state index is 0.00989. The highest BCUT2D eigenvalue weighted by Gasteiger charge is 2.31. The van der Waals surface area contributed by atoms with E-state index in [1.165, 1.54) is 12.5 Å². The van der Waals surface area contributed by atoms with Crippen LogP contribution in [0.4, 0.5) is 20.2 Å². The molecular formula is C12H16F2N2. The number of halogens is 2. The van der Waals surface area contributed by atoms with Gasteiger partial charge in [0.2, 0.25) is 0 Å². The predicted molar refractivity (Wildman–Crippen MR) is 61.2 cm³/mol. The second-order valence-electron chi connectivity index (χ2n) is 4.87. The lowest BCUT2D eigenvalue weighted by molar-refractivity contribution is 0.180. The minimum Gasteiger partial charge on any atom is -0.395 e. The Labute approximate surface area is 93.8 Å². The summed E-state index contributed by atoms with van der Waals surface area (Å²) in [5.41, 5.74) is 6.12. The van der Waals surface area contributed by atoms with E-state index in [1.54, 1.807) is 0 Å². The fourth-order valence-electron chi connectivity index (χ4n) is 2.00. The molecule has 1 aliphatic rings. The highest BCUT2D eigenvalue weighted by molar-refractivity contribution is 5.66. The van der Waals surface area contributed by atoms with E-state index in [2.05, 4.69) is 12.2 Å². The standard InChI is InChI=1S/C12H16F2N2/c1-12(3-2-4-12)7-16-10-6-8(13)5-9(14)11(10)15/h5-6,16H,2-4,7,15H2,1H3. The maximum Gasteiger partial charge on any atom is 0.151 e. The molecule has 0 saturated heterocycles. The Kier molecular flexibility index (Phi) is 2.74. The van der Waals surface area contributed by atoms with Gasteiger partial charge in [0.1, 0.15) is 5.82 Å². The van der Waals surface area contributed by atoms with Crippen molar-refractivity contribution in [2.24, 2.45) is 5.41 Å². The van der Waals surface area contributed by atoms with E-state index in [-0.39, 0.29) is 11.1 Å². The number of nitrogen functional groups attached to an aromatic ring is 1. The first kappa shape index (κ1) is 11.2. The van der Waals surface area contributed by atoms with E-state index in [0.29, 0.717) is 12.2 Å². The van der Waals surface area contributed by atoms with Gasteiger partial charge in [-0.15, -0.1) is 0 Å². The van der Waals surface area contributed by atoms with Gasteiger partial charge in [0.15, 0.2) is 5.82 Å². The highest BCUT2D eigenvalue weighted by Crippen LogP contribution is 2.40. The van der Waals surface area contributed by atoms with Crippen molar-refractivity contribution in [3.8, 4) is 0 Å². The Balaban J connectivity index is 2.09. The third kappa shape index (κ3) is 2.10. The first-order valence-corrected chi connectivity index (χ1v) is 5.49. The molecule has 0 bridgehead atoms. The number of nitrogens with two attached hydrogens (primary N) is 1. The molecular weight excluding hydrogens is 210 g/mol. The molecule has 4 heteroatoms. The van der Waals surface area contributed by atoms with Crippen molar-refractivity contribution in [1.82, 2.24) is 0 Å². The summed E-state index contributed by atoms with van der Waals surface area (Å²) in [7, 11) is 0. The van der Waals surface area contributed by atoms with Gasteiger partial charge in [-0.05, 0) is 24.3 Å². The van der Waals surface area contributed by atoms with Gasteiger partial charge in [0.05, 0.1) is 11.4 Å². The zero-order chi connectivity index (χ0) is 11.8. The Hall–Kier alpha value is -1.32. The average Bonchev–Trinajstić information content (AvgIpc) is 2.18. The van der Waals surface area contributed by atoms with Crippen LogP contribution >= 0.6 is 0 Å². The normalized spacial score (nSPS) is 17.9. The maximum atomic E-state index is 13.2. The number of benzene rings is 1. The van der Waals surface area contributed by atoms with Crippen LogP contribution in [0, 0.1) is 17.0 Å². The van der Waals surface area contributed by atoms with E-state index in [4.69, 9.17) is 5.73 Å². The third-order valence-electron chi connectivity index (χ3n) is 3.36. The van der Waals surface area contributed by atoms with E-state index in [1.807, 2.05) is 0 Å². The second-order valence-corrected chi connectivity index (χ2v) is 4.87. The lowest BCUT2D eigenvalue weighted by atomic mass is 9.70. The number of anilines is 2. The summed E-state index contributed by atoms with van der Waals surface area (Å²) in [5, 5.41) is 3.03. The quantitative estimate of drug-likeness (QED) is 0.777. The van der Waals surface area contributed by atoms with Crippen molar-refractivity contribution in [3.63, 3.8) is 0 Å². The molecule has 1 aromatic carbocycles. The van der Waals surface area contributed by atoms with Crippen LogP contribution in [-0.2, 0) is 0 Å². The molecule has 2 rings (SSSR count). The molecule has 0 atom stereocenters. The Morgan fingerprint density at radius 3 is 2.62 bits per heavy atom. The molecule has 0 heterocycles. The Morgan fingerprint density at radius 1 is 1.38 bits per heavy atom. The average molecular weight is 226 g/mol. The minimum atomic E-state index is -0.707. The van der Waals surface area contributed by atoms with Crippen molar-refractivity contribution >= 4 is 11.4 Å². The summed E-state index contributed by atoms with van der Waals surface area (Å²) < 4.78 is 26.1. The van der Waals surface area contributed by atoms with E-state index in [0.717, 1.165) is 18.9 Å². The van der Waals surface area contributed by atoms with Gasteiger partial charge in [-0.25, -0.2) is 8.78 Å². The molecule has 1 aromatic rings. The van der Waals surface area contributed by atoms with Crippen molar-refractivity contribution in [1.29, 1.82) is 0 Å². The molecule has 0 unspecified atom stereocenters. The van der Waals surface area contributed by atoms with Gasteiger partial charge in [-0.3, -0.25) is 0 Å². The van der Waals surface area contributed by atoms with Crippen molar-refractivity contribution in [2.75, 3.05) is 17.6 Å². The number of hydrogen-bond donors (Lipinski definition) is 2. The summed E-state index contributed by atoms with van der Waals surface area (Å²) in [6.07, 6.45) is 3.53. The molecule has 1 saturated carbocycles. The van der Waals surface area contributed by atoms with E-state index in [9.17, 15) is 8.78 Å². The first-order chi connectivity index (χ1) is 7.50. The maximum absolute atomic E-state index is 13.2. The molecule has 16 heavy (non-hydrogen) atoms. The smallest absolute Gasteiger partial charge is 0.151 e. The molecule has 1 aliphatic carbocycles. The summed E-state index contributed by atoms with van der Waals surface area (Å²) in [6.45, 7) is 2.87. The van der Waals surface area contributed by atoms with Crippen molar-refractivity contribution in [2.45, 2.75) is 26.2 Å². The molecule has 0 amide bonds. The molecule has 0 radical (unpaired) electrons. The molecule has 2 nitrogen and oxygen atoms in total. The number of nitrogens with one attached hydrogen (secondary N) is 1. The first-order valence-electron chi connectivity index (χ1n) is 5.49. The van der Waals surface area contributed by atoms with Crippen LogP contribution in [-0.4, -0.2) is 6.54 Å². The number of hydrogen-bond acceptors (Lipinski definition) is 2. The van der Waals surface area contributed by atoms with Crippen molar-refractivity contribution in [3.05, 3.63) is 23.8 Å². The summed E-state index contributed by atoms with van der Waals surface area (Å²) in [4.78, 5) is 0. The van der Waals surface area contributed by atoms with Crippen LogP contribution in [0.1, 0.15) is 26.2 Å². The molecule has 0 aromatic heterocycles. The molecule has 0 aliphatic heterocycles. The number of rotatable bonds is 3. The third-order valence-corrected chi connectivity index (χ3v) is 3.36. The Morgan fingerprint density at radius 2 is 2.06 bits per heavy atom. The summed E-state index contributed by atoms with van der Waals surface area (Å²) >= 11 is 0. The molecule has 3 N–H and O–H groups in total. The monoisotopic (exact) mass is 226 g/mol. The predicted octanol–water partition coefficient (Wildman–Crippen LogP) is 3.15. The van der Waals surface area contributed by atoms with Crippen LogP contribution in [0.2, 0.25) is 0 Å². The largest absolute Gasteiger partial charge is 0.395 e. The van der Waals surface area contributed by atoms with Gasteiger partial charge in [-0.2, -0.15) is 0 Å². The fraction of sp³-hybridized carbons (Fsp3) is 0.500. The van der Waals surface area contributed by atoms with Gasteiger partial charge in [0.25, 0.3) is 0 Å². The van der Waals surface area contributed by atoms with Gasteiger partial charge in [0, 0.05) is 12.6 Å². The van der Waals surface area contributed by atoms with Crippen LogP contribution in [0.5, 0.6) is 0 Å². The molecule has 1 fully saturated rings. The highest BCUT2D eigenvalue weighted by atomic mass is 19.1. The van der Waals surface area contributed by atoms with Crippen molar-refractivity contribution < 1.29 is 8.78 Å². The van der Waals surface area contributed by atoms with Crippen LogP contribution in [0.25, 0.3) is 0 Å². The van der Waals surface area contributed by atoms with E-state index >= 15 is 0 Å². The SMILES string of the molecule is CC1(CNc2cc(F)cc(F)c2N)CCC1. The zero-order valence-corrected chi connectivity index (χ0v) is 9.32. The molecule has 88 valence electrons. The van der Waals surface area contributed by atoms with Crippen LogP contribution in [0.15, 0.2) is 12.1 Å². The zero-order valence-electron chi connectivity index (χ0n) is 9.32. The Bertz CT molecular complexity index is 400.